The molecule has 2 N–H and O–H groups in total. The highest BCUT2D eigenvalue weighted by molar-refractivity contribution is 5.93. The van der Waals surface area contributed by atoms with E-state index in [1.807, 2.05) is 18.2 Å². The highest BCUT2D eigenvalue weighted by atomic mass is 16.2. The second kappa shape index (κ2) is 8.47. The third-order valence-corrected chi connectivity index (χ3v) is 4.53. The molecule has 0 radical (unpaired) electrons. The van der Waals surface area contributed by atoms with Gasteiger partial charge in [-0.25, -0.2) is 4.98 Å². The van der Waals surface area contributed by atoms with E-state index in [2.05, 4.69) is 15.3 Å². The van der Waals surface area contributed by atoms with Gasteiger partial charge in [-0.05, 0) is 29.8 Å². The van der Waals surface area contributed by atoms with Gasteiger partial charge in [-0.1, -0.05) is 24.3 Å². The maximum absolute atomic E-state index is 12.4. The third-order valence-electron chi connectivity index (χ3n) is 4.53. The van der Waals surface area contributed by atoms with Crippen LogP contribution in [0.2, 0.25) is 0 Å². The van der Waals surface area contributed by atoms with Gasteiger partial charge in [0.15, 0.2) is 0 Å². The number of hydrogen-bond acceptors (Lipinski definition) is 4. The maximum atomic E-state index is 12.4. The van der Waals surface area contributed by atoms with Crippen LogP contribution in [-0.2, 0) is 17.8 Å². The number of carbonyl (C=O) groups excluding carboxylic acids is 2. The molecule has 0 aliphatic carbocycles. The van der Waals surface area contributed by atoms with Crippen molar-refractivity contribution in [3.8, 4) is 0 Å². The lowest BCUT2D eigenvalue weighted by Gasteiger charge is -2.17. The molecule has 0 unspecified atom stereocenters. The molecule has 0 fully saturated rings. The number of benzene rings is 2. The van der Waals surface area contributed by atoms with Crippen LogP contribution >= 0.6 is 0 Å². The average molecular weight is 378 g/mol. The summed E-state index contributed by atoms with van der Waals surface area (Å²) in [5, 5.41) is 3.11. The molecule has 144 valence electrons. The molecular weight excluding hydrogens is 356 g/mol. The Morgan fingerprint density at radius 3 is 2.54 bits per heavy atom. The van der Waals surface area contributed by atoms with Crippen molar-refractivity contribution in [3.05, 3.63) is 75.8 Å². The van der Waals surface area contributed by atoms with Crippen molar-refractivity contribution in [1.82, 2.24) is 20.2 Å². The van der Waals surface area contributed by atoms with E-state index in [-0.39, 0.29) is 23.8 Å². The molecule has 0 aliphatic heterocycles. The predicted octanol–water partition coefficient (Wildman–Crippen LogP) is 1.87. The molecule has 0 aliphatic rings. The van der Waals surface area contributed by atoms with Crippen molar-refractivity contribution in [2.45, 2.75) is 19.4 Å². The summed E-state index contributed by atoms with van der Waals surface area (Å²) in [5.74, 6) is 0.305. The molecule has 0 saturated carbocycles. The number of aryl methyl sites for hydroxylation is 1. The minimum atomic E-state index is -0.197. The minimum absolute atomic E-state index is 0.0498. The molecular formula is C21H22N4O3. The molecule has 2 aromatic carbocycles. The minimum Gasteiger partial charge on any atom is -0.355 e. The summed E-state index contributed by atoms with van der Waals surface area (Å²) >= 11 is 0. The molecule has 2 amide bonds. The van der Waals surface area contributed by atoms with Crippen molar-refractivity contribution in [2.75, 3.05) is 14.1 Å². The summed E-state index contributed by atoms with van der Waals surface area (Å²) < 4.78 is 0. The molecule has 0 bridgehead atoms. The van der Waals surface area contributed by atoms with E-state index in [9.17, 15) is 14.4 Å². The fourth-order valence-corrected chi connectivity index (χ4v) is 2.94. The van der Waals surface area contributed by atoms with E-state index in [0.717, 1.165) is 5.56 Å². The summed E-state index contributed by atoms with van der Waals surface area (Å²) in [6.45, 7) is 0.439. The number of fused-ring (bicyclic) bond motifs is 1. The molecule has 3 rings (SSSR count). The number of carbonyl (C=O) groups is 2. The van der Waals surface area contributed by atoms with Gasteiger partial charge in [-0.3, -0.25) is 14.4 Å². The Bertz CT molecular complexity index is 1060. The van der Waals surface area contributed by atoms with Crippen LogP contribution < -0.4 is 10.9 Å². The molecule has 0 saturated heterocycles. The van der Waals surface area contributed by atoms with Gasteiger partial charge in [0.2, 0.25) is 5.91 Å². The van der Waals surface area contributed by atoms with Gasteiger partial charge in [0.25, 0.3) is 11.5 Å². The Kier molecular flexibility index (Phi) is 5.84. The van der Waals surface area contributed by atoms with Crippen molar-refractivity contribution < 1.29 is 9.59 Å². The summed E-state index contributed by atoms with van der Waals surface area (Å²) in [6, 6.07) is 14.2. The number of H-pyrrole nitrogens is 1. The summed E-state index contributed by atoms with van der Waals surface area (Å²) in [6.07, 6.45) is 0.604. The monoisotopic (exact) mass is 378 g/mol. The molecule has 28 heavy (non-hydrogen) atoms. The lowest BCUT2D eigenvalue weighted by atomic mass is 10.1. The SMILES string of the molecule is CNC(=O)c1ccc(CN(C)C(=O)CCc2nc3ccccc3c(=O)[nH]2)cc1. The predicted molar refractivity (Wildman–Crippen MR) is 107 cm³/mol. The second-order valence-electron chi connectivity index (χ2n) is 6.56. The summed E-state index contributed by atoms with van der Waals surface area (Å²) in [4.78, 5) is 44.9. The molecule has 7 nitrogen and oxygen atoms in total. The third kappa shape index (κ3) is 4.43. The topological polar surface area (TPSA) is 95.2 Å². The largest absolute Gasteiger partial charge is 0.355 e. The van der Waals surface area contributed by atoms with Crippen molar-refractivity contribution >= 4 is 22.7 Å². The van der Waals surface area contributed by atoms with Crippen molar-refractivity contribution in [3.63, 3.8) is 0 Å². The lowest BCUT2D eigenvalue weighted by Crippen LogP contribution is -2.27. The van der Waals surface area contributed by atoms with Crippen LogP contribution in [0.1, 0.15) is 28.2 Å². The normalized spacial score (nSPS) is 10.6. The number of aromatic amines is 1. The van der Waals surface area contributed by atoms with Gasteiger partial charge in [0.1, 0.15) is 5.82 Å². The molecule has 3 aromatic rings. The zero-order valence-corrected chi connectivity index (χ0v) is 15.9. The van der Waals surface area contributed by atoms with Crippen LogP contribution in [-0.4, -0.2) is 40.8 Å². The van der Waals surface area contributed by atoms with Gasteiger partial charge in [0.05, 0.1) is 10.9 Å². The van der Waals surface area contributed by atoms with Crippen LogP contribution in [0.25, 0.3) is 10.9 Å². The molecule has 7 heteroatoms. The second-order valence-corrected chi connectivity index (χ2v) is 6.56. The van der Waals surface area contributed by atoms with E-state index in [1.165, 1.54) is 0 Å². The number of hydrogen-bond donors (Lipinski definition) is 2. The van der Waals surface area contributed by atoms with Crippen molar-refractivity contribution in [2.24, 2.45) is 0 Å². The van der Waals surface area contributed by atoms with Gasteiger partial charge in [0, 0.05) is 39.0 Å². The van der Waals surface area contributed by atoms with Crippen LogP contribution in [0.4, 0.5) is 0 Å². The van der Waals surface area contributed by atoms with Crippen LogP contribution in [0.3, 0.4) is 0 Å². The van der Waals surface area contributed by atoms with E-state index in [1.54, 1.807) is 49.3 Å². The average Bonchev–Trinajstić information content (AvgIpc) is 2.72. The fourth-order valence-electron chi connectivity index (χ4n) is 2.94. The summed E-state index contributed by atoms with van der Waals surface area (Å²) in [5.41, 5.74) is 1.93. The molecule has 1 heterocycles. The van der Waals surface area contributed by atoms with Crippen LogP contribution in [0, 0.1) is 0 Å². The Morgan fingerprint density at radius 2 is 1.82 bits per heavy atom. The number of aromatic nitrogens is 2. The number of nitrogens with zero attached hydrogens (tertiary/aromatic N) is 2. The van der Waals surface area contributed by atoms with Crippen LogP contribution in [0.5, 0.6) is 0 Å². The molecule has 0 atom stereocenters. The number of nitrogens with one attached hydrogen (secondary N) is 2. The fraction of sp³-hybridized carbons (Fsp3) is 0.238. The standard InChI is InChI=1S/C21H22N4O3/c1-22-20(27)15-9-7-14(8-10-15)13-25(2)19(26)12-11-18-23-17-6-4-3-5-16(17)21(28)24-18/h3-10H,11-13H2,1-2H3,(H,22,27)(H,23,24,28). The Hall–Kier alpha value is -3.48. The van der Waals surface area contributed by atoms with Crippen molar-refractivity contribution in [1.29, 1.82) is 0 Å². The first kappa shape index (κ1) is 19.3. The number of para-hydroxylation sites is 1. The van der Waals surface area contributed by atoms with E-state index in [4.69, 9.17) is 0 Å². The Labute approximate surface area is 162 Å². The van der Waals surface area contributed by atoms with E-state index >= 15 is 0 Å². The van der Waals surface area contributed by atoms with E-state index in [0.29, 0.717) is 35.3 Å². The Balaban J connectivity index is 1.60. The Morgan fingerprint density at radius 1 is 1.11 bits per heavy atom. The summed E-state index contributed by atoms with van der Waals surface area (Å²) in [7, 11) is 3.31. The van der Waals surface area contributed by atoms with Crippen LogP contribution in [0.15, 0.2) is 53.3 Å². The zero-order chi connectivity index (χ0) is 20.1. The zero-order valence-electron chi connectivity index (χ0n) is 15.9. The lowest BCUT2D eigenvalue weighted by molar-refractivity contribution is -0.130. The van der Waals surface area contributed by atoms with E-state index < -0.39 is 0 Å². The van der Waals surface area contributed by atoms with Gasteiger partial charge in [-0.2, -0.15) is 0 Å². The highest BCUT2D eigenvalue weighted by Crippen LogP contribution is 2.10. The van der Waals surface area contributed by atoms with Gasteiger partial charge < -0.3 is 15.2 Å². The molecule has 1 aromatic heterocycles. The first-order valence-corrected chi connectivity index (χ1v) is 9.01. The molecule has 0 spiro atoms. The van der Waals surface area contributed by atoms with Gasteiger partial charge >= 0.3 is 0 Å². The van der Waals surface area contributed by atoms with Gasteiger partial charge in [-0.15, -0.1) is 0 Å². The first-order chi connectivity index (χ1) is 13.5. The number of rotatable bonds is 6. The number of amides is 2. The highest BCUT2D eigenvalue weighted by Gasteiger charge is 2.12. The maximum Gasteiger partial charge on any atom is 0.258 e. The smallest absolute Gasteiger partial charge is 0.258 e. The quantitative estimate of drug-likeness (QED) is 0.685. The first-order valence-electron chi connectivity index (χ1n) is 9.01.